The van der Waals surface area contributed by atoms with Crippen LogP contribution in [0.2, 0.25) is 0 Å². The lowest BCUT2D eigenvalue weighted by atomic mass is 9.80. The van der Waals surface area contributed by atoms with Gasteiger partial charge in [-0.2, -0.15) is 0 Å². The van der Waals surface area contributed by atoms with Gasteiger partial charge in [-0.1, -0.05) is 12.1 Å². The number of hydrogen-bond acceptors (Lipinski definition) is 6. The minimum absolute atomic E-state index is 0.151. The molecule has 1 atom stereocenters. The number of anilines is 2. The van der Waals surface area contributed by atoms with E-state index < -0.39 is 7.12 Å². The molecule has 0 bridgehead atoms. The molecule has 6 nitrogen and oxygen atoms in total. The van der Waals surface area contributed by atoms with Crippen LogP contribution in [0.4, 0.5) is 11.6 Å². The van der Waals surface area contributed by atoms with Crippen LogP contribution < -0.4 is 15.3 Å². The molecule has 0 aromatic carbocycles. The van der Waals surface area contributed by atoms with Gasteiger partial charge in [0.25, 0.3) is 0 Å². The molecule has 1 aliphatic heterocycles. The number of pyridine rings is 2. The molecule has 1 fully saturated rings. The van der Waals surface area contributed by atoms with Crippen molar-refractivity contribution in [3.63, 3.8) is 0 Å². The van der Waals surface area contributed by atoms with Crippen LogP contribution >= 0.6 is 0 Å². The van der Waals surface area contributed by atoms with Crippen LogP contribution in [-0.4, -0.2) is 48.4 Å². The second-order valence-electron chi connectivity index (χ2n) is 8.95. The second kappa shape index (κ2) is 8.56. The fourth-order valence-electron chi connectivity index (χ4n) is 3.53. The zero-order valence-electron chi connectivity index (χ0n) is 19.6. The predicted octanol–water partition coefficient (Wildman–Crippen LogP) is 3.82. The van der Waals surface area contributed by atoms with E-state index in [1.54, 1.807) is 0 Å². The maximum Gasteiger partial charge on any atom is 0.496 e. The molecular weight excluding hydrogens is 375 g/mol. The lowest BCUT2D eigenvalue weighted by Crippen LogP contribution is -2.41. The van der Waals surface area contributed by atoms with Crippen molar-refractivity contribution in [2.75, 3.05) is 29.9 Å². The van der Waals surface area contributed by atoms with Gasteiger partial charge in [-0.05, 0) is 66.2 Å². The Labute approximate surface area is 181 Å². The molecule has 0 spiro atoms. The Kier molecular flexibility index (Phi) is 6.44. The van der Waals surface area contributed by atoms with Gasteiger partial charge in [0.2, 0.25) is 0 Å². The van der Waals surface area contributed by atoms with E-state index in [1.807, 2.05) is 24.5 Å². The fourth-order valence-corrected chi connectivity index (χ4v) is 3.53. The van der Waals surface area contributed by atoms with Crippen LogP contribution in [0.1, 0.15) is 60.1 Å². The molecule has 7 heteroatoms. The monoisotopic (exact) mass is 410 g/mol. The largest absolute Gasteiger partial charge is 0.496 e. The SMILES string of the molecule is CCN(CC)c1ccc(C(C)N(C)c2ccc(B3OC(C)(C)C(C)(C)O3)cn2)cn1. The Morgan fingerprint density at radius 2 is 1.47 bits per heavy atom. The fraction of sp³-hybridized carbons (Fsp3) is 0.565. The molecular formula is C23H35BN4O2. The number of rotatable bonds is 7. The highest BCUT2D eigenvalue weighted by atomic mass is 16.7. The summed E-state index contributed by atoms with van der Waals surface area (Å²) in [6.45, 7) is 16.6. The average Bonchev–Trinajstić information content (AvgIpc) is 2.95. The molecule has 2 aromatic rings. The Hall–Kier alpha value is -2.12. The van der Waals surface area contributed by atoms with Crippen molar-refractivity contribution >= 4 is 24.2 Å². The molecule has 1 aliphatic rings. The summed E-state index contributed by atoms with van der Waals surface area (Å²) in [5, 5.41) is 0. The van der Waals surface area contributed by atoms with Gasteiger partial charge in [-0.25, -0.2) is 9.97 Å². The number of nitrogens with zero attached hydrogens (tertiary/aromatic N) is 4. The van der Waals surface area contributed by atoms with Crippen LogP contribution in [0, 0.1) is 0 Å². The molecule has 2 aromatic heterocycles. The van der Waals surface area contributed by atoms with Crippen molar-refractivity contribution in [2.45, 2.75) is 65.7 Å². The average molecular weight is 410 g/mol. The third-order valence-electron chi connectivity index (χ3n) is 6.58. The Morgan fingerprint density at radius 1 is 0.900 bits per heavy atom. The maximum atomic E-state index is 6.13. The van der Waals surface area contributed by atoms with Crippen molar-refractivity contribution < 1.29 is 9.31 Å². The molecule has 0 N–H and O–H groups in total. The molecule has 1 saturated heterocycles. The molecule has 3 rings (SSSR count). The highest BCUT2D eigenvalue weighted by Gasteiger charge is 2.51. The van der Waals surface area contributed by atoms with E-state index in [0.29, 0.717) is 0 Å². The molecule has 0 radical (unpaired) electrons. The highest BCUT2D eigenvalue weighted by Crippen LogP contribution is 2.36. The third-order valence-corrected chi connectivity index (χ3v) is 6.58. The first-order chi connectivity index (χ1) is 14.1. The van der Waals surface area contributed by atoms with Gasteiger partial charge >= 0.3 is 7.12 Å². The summed E-state index contributed by atoms with van der Waals surface area (Å²) in [6, 6.07) is 8.46. The normalized spacial score (nSPS) is 18.3. The van der Waals surface area contributed by atoms with E-state index in [-0.39, 0.29) is 17.2 Å². The Bertz CT molecular complexity index is 819. The van der Waals surface area contributed by atoms with E-state index in [0.717, 1.165) is 35.8 Å². The predicted molar refractivity (Wildman–Crippen MR) is 125 cm³/mol. The zero-order chi connectivity index (χ0) is 22.1. The van der Waals surface area contributed by atoms with Crippen LogP contribution in [-0.2, 0) is 9.31 Å². The van der Waals surface area contributed by atoms with E-state index >= 15 is 0 Å². The minimum atomic E-state index is -0.392. The summed E-state index contributed by atoms with van der Waals surface area (Å²) in [4.78, 5) is 13.7. The topological polar surface area (TPSA) is 50.7 Å². The molecule has 30 heavy (non-hydrogen) atoms. The second-order valence-corrected chi connectivity index (χ2v) is 8.95. The third kappa shape index (κ3) is 4.32. The Balaban J connectivity index is 1.70. The summed E-state index contributed by atoms with van der Waals surface area (Å²) in [5.41, 5.74) is 1.38. The van der Waals surface area contributed by atoms with Crippen molar-refractivity contribution in [2.24, 2.45) is 0 Å². The summed E-state index contributed by atoms with van der Waals surface area (Å²) < 4.78 is 12.3. The van der Waals surface area contributed by atoms with Gasteiger partial charge in [0.1, 0.15) is 11.6 Å². The first-order valence-electron chi connectivity index (χ1n) is 10.8. The molecule has 0 saturated carbocycles. The van der Waals surface area contributed by atoms with Gasteiger partial charge in [0.15, 0.2) is 0 Å². The van der Waals surface area contributed by atoms with Crippen molar-refractivity contribution in [1.29, 1.82) is 0 Å². The summed E-state index contributed by atoms with van der Waals surface area (Å²) >= 11 is 0. The van der Waals surface area contributed by atoms with Gasteiger partial charge in [-0.3, -0.25) is 0 Å². The van der Waals surface area contributed by atoms with Gasteiger partial charge in [0, 0.05) is 38.0 Å². The summed E-state index contributed by atoms with van der Waals surface area (Å²) in [6.07, 6.45) is 3.82. The van der Waals surface area contributed by atoms with Crippen LogP contribution in [0.5, 0.6) is 0 Å². The van der Waals surface area contributed by atoms with Crippen LogP contribution in [0.3, 0.4) is 0 Å². The smallest absolute Gasteiger partial charge is 0.399 e. The highest BCUT2D eigenvalue weighted by molar-refractivity contribution is 6.62. The van der Waals surface area contributed by atoms with Crippen molar-refractivity contribution in [3.8, 4) is 0 Å². The molecule has 1 unspecified atom stereocenters. The molecule has 3 heterocycles. The standard InChI is InChI=1S/C23H35BN4O2/c1-9-28(10-2)21-13-11-18(15-25-21)17(3)27(8)20-14-12-19(16-26-20)24-29-22(4,5)23(6,7)30-24/h11-17H,9-10H2,1-8H3. The first kappa shape index (κ1) is 22.6. The van der Waals surface area contributed by atoms with Crippen molar-refractivity contribution in [3.05, 3.63) is 42.2 Å². The zero-order valence-corrected chi connectivity index (χ0v) is 19.6. The van der Waals surface area contributed by atoms with E-state index in [9.17, 15) is 0 Å². The van der Waals surface area contributed by atoms with Crippen LogP contribution in [0.25, 0.3) is 0 Å². The summed E-state index contributed by atoms with van der Waals surface area (Å²) in [5.74, 6) is 1.92. The van der Waals surface area contributed by atoms with E-state index in [1.165, 1.54) is 0 Å². The lowest BCUT2D eigenvalue weighted by Gasteiger charge is -2.32. The van der Waals surface area contributed by atoms with Crippen molar-refractivity contribution in [1.82, 2.24) is 9.97 Å². The molecule has 162 valence electrons. The molecule has 0 aliphatic carbocycles. The van der Waals surface area contributed by atoms with Gasteiger partial charge in [0.05, 0.1) is 17.2 Å². The first-order valence-corrected chi connectivity index (χ1v) is 10.8. The Morgan fingerprint density at radius 3 is 1.93 bits per heavy atom. The van der Waals surface area contributed by atoms with Crippen LogP contribution in [0.15, 0.2) is 36.7 Å². The number of hydrogen-bond donors (Lipinski definition) is 0. The quantitative estimate of drug-likeness (QED) is 0.647. The van der Waals surface area contributed by atoms with E-state index in [4.69, 9.17) is 9.31 Å². The maximum absolute atomic E-state index is 6.13. The number of aromatic nitrogens is 2. The van der Waals surface area contributed by atoms with Gasteiger partial charge in [-0.15, -0.1) is 0 Å². The van der Waals surface area contributed by atoms with E-state index in [2.05, 4.69) is 87.4 Å². The minimum Gasteiger partial charge on any atom is -0.399 e. The van der Waals surface area contributed by atoms with Gasteiger partial charge < -0.3 is 19.1 Å². The molecule has 0 amide bonds. The summed E-state index contributed by atoms with van der Waals surface area (Å²) in [7, 11) is 1.66. The lowest BCUT2D eigenvalue weighted by molar-refractivity contribution is 0.00578.